The van der Waals surface area contributed by atoms with E-state index < -0.39 is 0 Å². The zero-order chi connectivity index (χ0) is 11.9. The van der Waals surface area contributed by atoms with Gasteiger partial charge in [-0.1, -0.05) is 26.2 Å². The number of rotatable bonds is 6. The quantitative estimate of drug-likeness (QED) is 0.766. The largest absolute Gasteiger partial charge is 0.376 e. The van der Waals surface area contributed by atoms with Gasteiger partial charge < -0.3 is 10.1 Å². The van der Waals surface area contributed by atoms with E-state index in [1.54, 1.807) is 0 Å². The van der Waals surface area contributed by atoms with Crippen molar-refractivity contribution in [3.63, 3.8) is 0 Å². The SMILES string of the molecule is CCCNC1CCCC1OCC1CCCCC1. The molecule has 2 nitrogen and oxygen atoms in total. The minimum atomic E-state index is 0.503. The van der Waals surface area contributed by atoms with Gasteiger partial charge in [0.2, 0.25) is 0 Å². The molecule has 2 aliphatic carbocycles. The Balaban J connectivity index is 1.66. The number of ether oxygens (including phenoxy) is 1. The first-order chi connectivity index (χ1) is 8.40. The van der Waals surface area contributed by atoms with Crippen molar-refractivity contribution < 1.29 is 4.74 Å². The van der Waals surface area contributed by atoms with Crippen LogP contribution in [0, 0.1) is 5.92 Å². The summed E-state index contributed by atoms with van der Waals surface area (Å²) in [6.45, 7) is 4.41. The molecule has 2 aliphatic rings. The molecule has 0 spiro atoms. The van der Waals surface area contributed by atoms with Gasteiger partial charge in [-0.2, -0.15) is 0 Å². The van der Waals surface area contributed by atoms with Gasteiger partial charge in [0.1, 0.15) is 0 Å². The van der Waals surface area contributed by atoms with Crippen molar-refractivity contribution in [3.05, 3.63) is 0 Å². The lowest BCUT2D eigenvalue weighted by atomic mass is 9.90. The van der Waals surface area contributed by atoms with Crippen molar-refractivity contribution in [2.24, 2.45) is 5.92 Å². The summed E-state index contributed by atoms with van der Waals surface area (Å²) < 4.78 is 6.19. The lowest BCUT2D eigenvalue weighted by Gasteiger charge is -2.26. The highest BCUT2D eigenvalue weighted by atomic mass is 16.5. The molecule has 100 valence electrons. The number of hydrogen-bond acceptors (Lipinski definition) is 2. The van der Waals surface area contributed by atoms with Crippen LogP contribution >= 0.6 is 0 Å². The van der Waals surface area contributed by atoms with E-state index in [4.69, 9.17) is 4.74 Å². The van der Waals surface area contributed by atoms with Crippen LogP contribution in [0.3, 0.4) is 0 Å². The molecule has 1 N–H and O–H groups in total. The zero-order valence-electron chi connectivity index (χ0n) is 11.4. The van der Waals surface area contributed by atoms with Crippen LogP contribution in [0.2, 0.25) is 0 Å². The topological polar surface area (TPSA) is 21.3 Å². The van der Waals surface area contributed by atoms with E-state index in [-0.39, 0.29) is 0 Å². The standard InChI is InChI=1S/C15H29NO/c1-2-11-16-14-9-6-10-15(14)17-12-13-7-4-3-5-8-13/h13-16H,2-12H2,1H3. The average Bonchev–Trinajstić information content (AvgIpc) is 2.82. The summed E-state index contributed by atoms with van der Waals surface area (Å²) in [5, 5.41) is 3.64. The molecule has 0 saturated heterocycles. The smallest absolute Gasteiger partial charge is 0.0728 e. The fourth-order valence-corrected chi connectivity index (χ4v) is 3.30. The Labute approximate surface area is 107 Å². The molecule has 0 radical (unpaired) electrons. The van der Waals surface area contributed by atoms with Crippen molar-refractivity contribution in [2.75, 3.05) is 13.2 Å². The van der Waals surface area contributed by atoms with Gasteiger partial charge in [0.05, 0.1) is 6.10 Å². The van der Waals surface area contributed by atoms with Crippen LogP contribution in [0.4, 0.5) is 0 Å². The minimum Gasteiger partial charge on any atom is -0.376 e. The van der Waals surface area contributed by atoms with Gasteiger partial charge in [-0.25, -0.2) is 0 Å². The summed E-state index contributed by atoms with van der Waals surface area (Å²) in [5.74, 6) is 0.858. The molecule has 2 rings (SSSR count). The fourth-order valence-electron chi connectivity index (χ4n) is 3.30. The minimum absolute atomic E-state index is 0.503. The molecule has 0 amide bonds. The van der Waals surface area contributed by atoms with Gasteiger partial charge in [-0.05, 0) is 51.0 Å². The summed E-state index contributed by atoms with van der Waals surface area (Å²) in [6, 6.07) is 0.638. The first-order valence-electron chi connectivity index (χ1n) is 7.75. The lowest BCUT2D eigenvalue weighted by Crippen LogP contribution is -2.38. The lowest BCUT2D eigenvalue weighted by molar-refractivity contribution is 0.0106. The summed E-state index contributed by atoms with van der Waals surface area (Å²) in [6.07, 6.45) is 12.8. The van der Waals surface area contributed by atoms with Crippen molar-refractivity contribution in [2.45, 2.75) is 76.9 Å². The van der Waals surface area contributed by atoms with Gasteiger partial charge in [-0.15, -0.1) is 0 Å². The molecule has 2 heteroatoms. The third kappa shape index (κ3) is 4.26. The van der Waals surface area contributed by atoms with Gasteiger partial charge in [0, 0.05) is 12.6 Å². The van der Waals surface area contributed by atoms with Gasteiger partial charge in [-0.3, -0.25) is 0 Å². The van der Waals surface area contributed by atoms with Crippen LogP contribution < -0.4 is 5.32 Å². The highest BCUT2D eigenvalue weighted by Gasteiger charge is 2.28. The Morgan fingerprint density at radius 1 is 1.00 bits per heavy atom. The van der Waals surface area contributed by atoms with Gasteiger partial charge in [0.25, 0.3) is 0 Å². The van der Waals surface area contributed by atoms with E-state index in [1.165, 1.54) is 57.8 Å². The maximum absolute atomic E-state index is 6.19. The second-order valence-corrected chi connectivity index (χ2v) is 5.87. The molecule has 0 bridgehead atoms. The fraction of sp³-hybridized carbons (Fsp3) is 1.00. The number of nitrogens with one attached hydrogen (secondary N) is 1. The highest BCUT2D eigenvalue weighted by Crippen LogP contribution is 2.27. The predicted molar refractivity (Wildman–Crippen MR) is 72.2 cm³/mol. The van der Waals surface area contributed by atoms with Crippen molar-refractivity contribution in [3.8, 4) is 0 Å². The van der Waals surface area contributed by atoms with E-state index in [0.717, 1.165) is 19.1 Å². The normalized spacial score (nSPS) is 30.9. The van der Waals surface area contributed by atoms with E-state index in [9.17, 15) is 0 Å². The van der Waals surface area contributed by atoms with Crippen LogP contribution in [-0.2, 0) is 4.74 Å². The average molecular weight is 239 g/mol. The third-order valence-corrected chi connectivity index (χ3v) is 4.38. The second-order valence-electron chi connectivity index (χ2n) is 5.87. The number of hydrogen-bond donors (Lipinski definition) is 1. The first kappa shape index (κ1) is 13.4. The monoisotopic (exact) mass is 239 g/mol. The Kier molecular flexibility index (Phi) is 5.79. The Hall–Kier alpha value is -0.0800. The molecule has 2 fully saturated rings. The molecule has 0 aromatic carbocycles. The molecule has 0 aromatic rings. The molecule has 0 heterocycles. The van der Waals surface area contributed by atoms with Crippen LogP contribution in [0.25, 0.3) is 0 Å². The van der Waals surface area contributed by atoms with Crippen molar-refractivity contribution in [1.82, 2.24) is 5.32 Å². The molecule has 2 saturated carbocycles. The summed E-state index contributed by atoms with van der Waals surface area (Å²) in [5.41, 5.74) is 0. The summed E-state index contributed by atoms with van der Waals surface area (Å²) in [4.78, 5) is 0. The maximum Gasteiger partial charge on any atom is 0.0728 e. The molecule has 2 unspecified atom stereocenters. The maximum atomic E-state index is 6.19. The van der Waals surface area contributed by atoms with Crippen LogP contribution in [-0.4, -0.2) is 25.3 Å². The van der Waals surface area contributed by atoms with Crippen molar-refractivity contribution in [1.29, 1.82) is 0 Å². The second kappa shape index (κ2) is 7.38. The predicted octanol–water partition coefficient (Wildman–Crippen LogP) is 3.50. The van der Waals surface area contributed by atoms with E-state index in [2.05, 4.69) is 12.2 Å². The van der Waals surface area contributed by atoms with E-state index in [1.807, 2.05) is 0 Å². The summed E-state index contributed by atoms with van der Waals surface area (Å²) in [7, 11) is 0. The molecular formula is C15H29NO. The van der Waals surface area contributed by atoms with E-state index >= 15 is 0 Å². The van der Waals surface area contributed by atoms with Gasteiger partial charge in [0.15, 0.2) is 0 Å². The summed E-state index contributed by atoms with van der Waals surface area (Å²) >= 11 is 0. The van der Waals surface area contributed by atoms with Crippen LogP contribution in [0.5, 0.6) is 0 Å². The van der Waals surface area contributed by atoms with E-state index in [0.29, 0.717) is 12.1 Å². The molecule has 0 aliphatic heterocycles. The third-order valence-electron chi connectivity index (χ3n) is 4.38. The molecular weight excluding hydrogens is 210 g/mol. The Morgan fingerprint density at radius 3 is 2.59 bits per heavy atom. The first-order valence-corrected chi connectivity index (χ1v) is 7.75. The van der Waals surface area contributed by atoms with Crippen LogP contribution in [0.15, 0.2) is 0 Å². The van der Waals surface area contributed by atoms with Crippen molar-refractivity contribution >= 4 is 0 Å². The Morgan fingerprint density at radius 2 is 1.82 bits per heavy atom. The molecule has 2 atom stereocenters. The Bertz CT molecular complexity index is 201. The van der Waals surface area contributed by atoms with Crippen LogP contribution in [0.1, 0.15) is 64.7 Å². The molecule has 17 heavy (non-hydrogen) atoms. The van der Waals surface area contributed by atoms with Gasteiger partial charge >= 0.3 is 0 Å². The molecule has 0 aromatic heterocycles. The zero-order valence-corrected chi connectivity index (χ0v) is 11.4. The highest BCUT2D eigenvalue weighted by molar-refractivity contribution is 4.84.